The Bertz CT molecular complexity index is 618. The van der Waals surface area contributed by atoms with E-state index in [1.54, 1.807) is 0 Å². The minimum absolute atomic E-state index is 0.0231. The van der Waals surface area contributed by atoms with Crippen LogP contribution in [-0.4, -0.2) is 30.6 Å². The third-order valence-corrected chi connectivity index (χ3v) is 4.43. The van der Waals surface area contributed by atoms with Gasteiger partial charge in [-0.3, -0.25) is 0 Å². The van der Waals surface area contributed by atoms with Crippen molar-refractivity contribution in [1.29, 1.82) is 0 Å². The van der Waals surface area contributed by atoms with E-state index in [-0.39, 0.29) is 28.0 Å². The smallest absolute Gasteiger partial charge is 0.267 e. The van der Waals surface area contributed by atoms with Crippen molar-refractivity contribution in [2.45, 2.75) is 38.6 Å². The summed E-state index contributed by atoms with van der Waals surface area (Å²) in [5.74, 6) is 0.211. The van der Waals surface area contributed by atoms with E-state index in [0.29, 0.717) is 0 Å². The highest BCUT2D eigenvalue weighted by Crippen LogP contribution is 2.25. The Morgan fingerprint density at radius 1 is 1.26 bits per heavy atom. The average Bonchev–Trinajstić information content (AvgIpc) is 2.26. The number of nitrogens with zero attached hydrogens (tertiary/aromatic N) is 3. The highest BCUT2D eigenvalue weighted by Gasteiger charge is 2.28. The maximum Gasteiger partial charge on any atom is 0.267 e. The number of hydrogen-bond acceptors (Lipinski definition) is 6. The summed E-state index contributed by atoms with van der Waals surface area (Å²) in [6.07, 6.45) is 2.52. The zero-order valence-corrected chi connectivity index (χ0v) is 12.1. The minimum atomic E-state index is -3.63. The van der Waals surface area contributed by atoms with Gasteiger partial charge in [0.2, 0.25) is 5.96 Å². The third kappa shape index (κ3) is 2.83. The third-order valence-electron chi connectivity index (χ3n) is 3.08. The Hall–Kier alpha value is -1.70. The lowest BCUT2D eigenvalue weighted by Gasteiger charge is -2.30. The first-order valence-electron chi connectivity index (χ1n) is 5.89. The molecular weight excluding hydrogens is 266 g/mol. The number of hydrogen-bond donors (Lipinski definition) is 2. The molecule has 7 nitrogen and oxygen atoms in total. The van der Waals surface area contributed by atoms with Crippen LogP contribution < -0.4 is 10.0 Å². The van der Waals surface area contributed by atoms with Gasteiger partial charge in [0.05, 0.1) is 12.4 Å². The van der Waals surface area contributed by atoms with Crippen LogP contribution in [-0.2, 0) is 10.0 Å². The molecule has 2 rings (SSSR count). The lowest BCUT2D eigenvalue weighted by atomic mass is 9.88. The molecule has 0 fully saturated rings. The number of fused-ring (bicyclic) bond motifs is 1. The Labute approximate surface area is 112 Å². The summed E-state index contributed by atoms with van der Waals surface area (Å²) in [6, 6.07) is 0.0466. The van der Waals surface area contributed by atoms with Crippen LogP contribution in [0.2, 0.25) is 0 Å². The van der Waals surface area contributed by atoms with Crippen LogP contribution in [0.3, 0.4) is 0 Å². The van der Waals surface area contributed by atoms with Crippen molar-refractivity contribution in [3.8, 4) is 0 Å². The molecule has 0 aromatic carbocycles. The average molecular weight is 283 g/mol. The molecule has 0 spiro atoms. The topological polar surface area (TPSA) is 96.3 Å². The van der Waals surface area contributed by atoms with Gasteiger partial charge in [0, 0.05) is 6.04 Å². The van der Waals surface area contributed by atoms with E-state index in [1.807, 2.05) is 6.92 Å². The van der Waals surface area contributed by atoms with Gasteiger partial charge in [-0.2, -0.15) is 10.2 Å². The van der Waals surface area contributed by atoms with Crippen molar-refractivity contribution in [3.63, 3.8) is 0 Å². The van der Waals surface area contributed by atoms with Crippen LogP contribution in [0.1, 0.15) is 27.7 Å². The van der Waals surface area contributed by atoms with Gasteiger partial charge < -0.3 is 5.32 Å². The summed E-state index contributed by atoms with van der Waals surface area (Å²) < 4.78 is 26.4. The van der Waals surface area contributed by atoms with Gasteiger partial charge in [0.15, 0.2) is 0 Å². The molecule has 0 amide bonds. The number of sulfonamides is 1. The van der Waals surface area contributed by atoms with Crippen LogP contribution in [0.15, 0.2) is 22.3 Å². The summed E-state index contributed by atoms with van der Waals surface area (Å²) in [5, 5.41) is 10.3. The molecule has 104 valence electrons. The van der Waals surface area contributed by atoms with E-state index in [4.69, 9.17) is 0 Å². The molecule has 0 saturated carbocycles. The number of aliphatic imine (C=N–C) groups is 1. The molecule has 1 aliphatic heterocycles. The zero-order chi connectivity index (χ0) is 14.3. The molecule has 8 heteroatoms. The number of nitrogens with one attached hydrogen (secondary N) is 2. The van der Waals surface area contributed by atoms with E-state index in [9.17, 15) is 8.42 Å². The second kappa shape index (κ2) is 4.44. The van der Waals surface area contributed by atoms with E-state index < -0.39 is 10.0 Å². The molecule has 1 unspecified atom stereocenters. The maximum absolute atomic E-state index is 12.0. The van der Waals surface area contributed by atoms with E-state index in [2.05, 4.69) is 46.0 Å². The number of aromatic nitrogens is 2. The molecule has 1 aliphatic rings. The first kappa shape index (κ1) is 13.7. The number of rotatable bonds is 1. The fourth-order valence-electron chi connectivity index (χ4n) is 1.40. The summed E-state index contributed by atoms with van der Waals surface area (Å²) in [5.41, 5.74) is 0.266. The SMILES string of the molecule is CC(NC1=Nc2cnncc2S(=O)(=O)N1)C(C)(C)C. The van der Waals surface area contributed by atoms with Crippen molar-refractivity contribution in [2.75, 3.05) is 0 Å². The summed E-state index contributed by atoms with van der Waals surface area (Å²) in [7, 11) is -3.63. The van der Waals surface area contributed by atoms with Crippen LogP contribution >= 0.6 is 0 Å². The fourth-order valence-corrected chi connectivity index (χ4v) is 2.43. The maximum atomic E-state index is 12.0. The van der Waals surface area contributed by atoms with E-state index >= 15 is 0 Å². The molecule has 2 heterocycles. The Morgan fingerprint density at radius 2 is 1.89 bits per heavy atom. The normalized spacial score (nSPS) is 18.8. The molecule has 0 bridgehead atoms. The number of guanidine groups is 1. The van der Waals surface area contributed by atoms with E-state index in [0.717, 1.165) is 0 Å². The molecule has 0 aliphatic carbocycles. The standard InChI is InChI=1S/C11H17N5O2S/c1-7(11(2,3)4)14-10-15-8-5-12-13-6-9(8)19(17,18)16-10/h5-7H,1-4H3,(H2,14,15,16). The predicted octanol–water partition coefficient (Wildman–Crippen LogP) is 0.780. The Morgan fingerprint density at radius 3 is 2.53 bits per heavy atom. The second-order valence-corrected chi connectivity index (χ2v) is 7.19. The van der Waals surface area contributed by atoms with Gasteiger partial charge >= 0.3 is 0 Å². The van der Waals surface area contributed by atoms with Crippen molar-refractivity contribution < 1.29 is 8.42 Å². The summed E-state index contributed by atoms with van der Waals surface area (Å²) in [4.78, 5) is 4.25. The fraction of sp³-hybridized carbons (Fsp3) is 0.545. The molecule has 2 N–H and O–H groups in total. The first-order chi connectivity index (χ1) is 8.70. The van der Waals surface area contributed by atoms with E-state index in [1.165, 1.54) is 12.4 Å². The van der Waals surface area contributed by atoms with Crippen LogP contribution in [0.25, 0.3) is 0 Å². The van der Waals surface area contributed by atoms with Crippen molar-refractivity contribution in [3.05, 3.63) is 12.4 Å². The largest absolute Gasteiger partial charge is 0.352 e. The second-order valence-electron chi connectivity index (χ2n) is 5.54. The minimum Gasteiger partial charge on any atom is -0.352 e. The van der Waals surface area contributed by atoms with Gasteiger partial charge in [-0.05, 0) is 12.3 Å². The van der Waals surface area contributed by atoms with Gasteiger partial charge in [-0.25, -0.2) is 18.1 Å². The van der Waals surface area contributed by atoms with Crippen LogP contribution in [0.5, 0.6) is 0 Å². The lowest BCUT2D eigenvalue weighted by Crippen LogP contribution is -2.49. The predicted molar refractivity (Wildman–Crippen MR) is 71.5 cm³/mol. The van der Waals surface area contributed by atoms with Gasteiger partial charge in [-0.15, -0.1) is 0 Å². The quantitative estimate of drug-likeness (QED) is 0.794. The van der Waals surface area contributed by atoms with Crippen molar-refractivity contribution in [2.24, 2.45) is 10.4 Å². The molecule has 1 aromatic rings. The first-order valence-corrected chi connectivity index (χ1v) is 7.37. The molecule has 0 saturated heterocycles. The molecule has 1 aromatic heterocycles. The lowest BCUT2D eigenvalue weighted by molar-refractivity contribution is 0.315. The summed E-state index contributed by atoms with van der Waals surface area (Å²) in [6.45, 7) is 8.14. The van der Waals surface area contributed by atoms with Crippen molar-refractivity contribution >= 4 is 21.7 Å². The molecule has 0 radical (unpaired) electrons. The molecular formula is C11H17N5O2S. The highest BCUT2D eigenvalue weighted by atomic mass is 32.2. The highest BCUT2D eigenvalue weighted by molar-refractivity contribution is 7.90. The molecule has 1 atom stereocenters. The van der Waals surface area contributed by atoms with Gasteiger partial charge in [0.25, 0.3) is 10.0 Å². The Kier molecular flexibility index (Phi) is 3.21. The zero-order valence-electron chi connectivity index (χ0n) is 11.3. The van der Waals surface area contributed by atoms with Crippen LogP contribution in [0.4, 0.5) is 5.69 Å². The Balaban J connectivity index is 2.34. The summed E-state index contributed by atoms with van der Waals surface area (Å²) >= 11 is 0. The van der Waals surface area contributed by atoms with Crippen molar-refractivity contribution in [1.82, 2.24) is 20.2 Å². The van der Waals surface area contributed by atoms with Gasteiger partial charge in [-0.1, -0.05) is 20.8 Å². The monoisotopic (exact) mass is 283 g/mol. The van der Waals surface area contributed by atoms with Crippen LogP contribution in [0, 0.1) is 5.41 Å². The molecule has 19 heavy (non-hydrogen) atoms. The van der Waals surface area contributed by atoms with Gasteiger partial charge in [0.1, 0.15) is 10.6 Å².